The van der Waals surface area contributed by atoms with Crippen LogP contribution in [0.3, 0.4) is 0 Å². The molecule has 0 spiro atoms. The molecule has 4 aromatic carbocycles. The minimum Gasteiger partial charge on any atom is -0.873 e. The van der Waals surface area contributed by atoms with Gasteiger partial charge in [0.15, 0.2) is 0 Å². The fourth-order valence-electron chi connectivity index (χ4n) is 9.58. The summed E-state index contributed by atoms with van der Waals surface area (Å²) in [6, 6.07) is 38.1. The Balaban J connectivity index is -0.000000401. The number of hydrogen-bond donors (Lipinski definition) is 6. The molecule has 0 unspecified atom stereocenters. The lowest BCUT2D eigenvalue weighted by Crippen LogP contribution is -2.51. The van der Waals surface area contributed by atoms with E-state index in [0.717, 1.165) is 47.2 Å². The Morgan fingerprint density at radius 2 is 1.04 bits per heavy atom. The lowest BCUT2D eigenvalue weighted by atomic mass is 10.0. The van der Waals surface area contributed by atoms with Crippen LogP contribution in [0.5, 0.6) is 0 Å². The second kappa shape index (κ2) is 70.0. The number of nitrogens with two attached hydrogens (primary N) is 1. The van der Waals surface area contributed by atoms with Crippen molar-refractivity contribution < 1.29 is 90.6 Å². The Hall–Kier alpha value is -7.94. The van der Waals surface area contributed by atoms with Crippen molar-refractivity contribution in [2.24, 2.45) is 16.2 Å². The Bertz CT molecular complexity index is 3190. The van der Waals surface area contributed by atoms with E-state index in [-0.39, 0.29) is 132 Å². The number of piperidine rings is 2. The smallest absolute Gasteiger partial charge is 0.328 e. The Morgan fingerprint density at radius 3 is 1.41 bits per heavy atom. The fourth-order valence-corrected chi connectivity index (χ4v) is 10.5. The first-order valence-corrected chi connectivity index (χ1v) is 38.5. The molecule has 0 bridgehead atoms. The van der Waals surface area contributed by atoms with Gasteiger partial charge in [0.2, 0.25) is 5.91 Å². The standard InChI is InChI=1S/C16H23ClN2O3.C15H22N2O3.C15H20N2O3.C11H21NO4S.C8H13NO3.C7H9NO.C4H8O2.4CH4.ClH/c1-3-21-16(20)15(18-2)10-9-14(11-17)19-22-12-13-7-5-4-6-8-13;2*1-2-19-15(18)14-9-8-13(10-16-14)17-20-11-12-6-4-3-5-7-12;1-5-16-11(14)10(12-2)7-6-9(13)8-17(3,4)15;1-3-12-8(11)6-4-5-7(10)9(6)2;8-9-6-7-4-2-1-3-5-7;1-3-6-4(2)5;;;;;/h4-8,15,18H,3,9-12H2,1-2H3;3-7,13-14,16-17H,2,8-11H2,1H3;3-7,14,16H,2,8-11H2,1H3;8,10,12H,5-7H2,1-4H3;6H,3-5H2,1-2H3;1-5H,6,8H2;3H2,1-2H3;4*1H4;1H/t15-;13-,14+;14-;10-;6-;;;;;;;/m01000......./s1. The van der Waals surface area contributed by atoms with Crippen molar-refractivity contribution in [3.63, 3.8) is 0 Å². The van der Waals surface area contributed by atoms with E-state index in [1.807, 2.05) is 135 Å². The maximum atomic E-state index is 11.7. The first-order chi connectivity index (χ1) is 51.0. The molecule has 3 aliphatic rings. The number of nitrogens with zero attached hydrogens (tertiary/aromatic N) is 3. The summed E-state index contributed by atoms with van der Waals surface area (Å²) in [5, 5.41) is 32.9. The number of allylic oxidation sites excluding steroid dienone is 1. The van der Waals surface area contributed by atoms with Crippen molar-refractivity contribution in [1.29, 1.82) is 0 Å². The molecule has 4 aromatic rings. The number of likely N-dealkylation sites (N-methyl/N-ethyl adjacent to an activating group) is 3. The van der Waals surface area contributed by atoms with Crippen LogP contribution in [-0.4, -0.2) is 187 Å². The number of carbonyl (C=O) groups excluding carboxylic acids is 7. The van der Waals surface area contributed by atoms with Crippen LogP contribution < -0.4 is 37.8 Å². The summed E-state index contributed by atoms with van der Waals surface area (Å²) in [5.74, 6) is 3.49. The zero-order chi connectivity index (χ0) is 78.8. The van der Waals surface area contributed by atoms with Gasteiger partial charge in [-0.25, -0.2) is 10.7 Å². The number of benzene rings is 4. The van der Waals surface area contributed by atoms with Gasteiger partial charge < -0.3 is 64.1 Å². The molecule has 28 nitrogen and oxygen atoms in total. The molecule has 0 radical (unpaired) electrons. The summed E-state index contributed by atoms with van der Waals surface area (Å²) in [5.41, 5.74) is 9.05. The van der Waals surface area contributed by atoms with Gasteiger partial charge in [-0.2, -0.15) is 5.48 Å². The van der Waals surface area contributed by atoms with E-state index in [2.05, 4.69) is 46.6 Å². The molecule has 3 heterocycles. The van der Waals surface area contributed by atoms with Gasteiger partial charge in [0, 0.05) is 39.5 Å². The largest absolute Gasteiger partial charge is 0.873 e. The zero-order valence-electron chi connectivity index (χ0n) is 64.2. The molecule has 7 N–H and O–H groups in total. The van der Waals surface area contributed by atoms with Crippen molar-refractivity contribution in [2.45, 2.75) is 205 Å². The van der Waals surface area contributed by atoms with Crippen LogP contribution in [0.2, 0.25) is 0 Å². The highest BCUT2D eigenvalue weighted by Crippen LogP contribution is 2.18. The molecule has 111 heavy (non-hydrogen) atoms. The molecule has 3 aliphatic heterocycles. The quantitative estimate of drug-likeness (QED) is 0.00491. The normalized spacial score (nSPS) is 16.2. The van der Waals surface area contributed by atoms with Crippen LogP contribution in [0.1, 0.15) is 165 Å². The number of oxime groups is 2. The number of amides is 1. The summed E-state index contributed by atoms with van der Waals surface area (Å²) >= 11 is 5.87. The van der Waals surface area contributed by atoms with Gasteiger partial charge in [-0.1, -0.05) is 167 Å². The van der Waals surface area contributed by atoms with E-state index in [0.29, 0.717) is 123 Å². The van der Waals surface area contributed by atoms with E-state index in [4.69, 9.17) is 55.7 Å². The Kier molecular flexibility index (Phi) is 70.4. The number of esters is 6. The van der Waals surface area contributed by atoms with Crippen LogP contribution in [0.4, 0.5) is 0 Å². The summed E-state index contributed by atoms with van der Waals surface area (Å²) in [6.45, 7) is 17.6. The van der Waals surface area contributed by atoms with Gasteiger partial charge in [-0.15, -0.1) is 28.2 Å². The molecule has 0 aromatic heterocycles. The molecule has 6 atom stereocenters. The van der Waals surface area contributed by atoms with Gasteiger partial charge in [-0.05, 0) is 136 Å². The van der Waals surface area contributed by atoms with E-state index in [1.165, 1.54) is 29.7 Å². The number of alkyl halides is 1. The second-order valence-corrected chi connectivity index (χ2v) is 26.9. The summed E-state index contributed by atoms with van der Waals surface area (Å²) in [7, 11) is 2.83. The van der Waals surface area contributed by atoms with Crippen molar-refractivity contribution in [3.8, 4) is 0 Å². The van der Waals surface area contributed by atoms with Crippen LogP contribution in [-0.2, 0) is 122 Å². The Labute approximate surface area is 674 Å². The van der Waals surface area contributed by atoms with Crippen LogP contribution in [0.15, 0.2) is 143 Å². The molecule has 632 valence electrons. The molecular formula is C80H133Cl2N9O19S. The van der Waals surface area contributed by atoms with Crippen LogP contribution in [0.25, 0.3) is 0 Å². The van der Waals surface area contributed by atoms with Crippen molar-refractivity contribution in [1.82, 2.24) is 31.6 Å². The van der Waals surface area contributed by atoms with E-state index in [1.54, 1.807) is 48.8 Å². The van der Waals surface area contributed by atoms with Crippen LogP contribution >= 0.6 is 24.0 Å². The minimum absolute atomic E-state index is 0. The average molecular weight is 1630 g/mol. The Morgan fingerprint density at radius 1 is 0.604 bits per heavy atom. The topological polar surface area (TPSA) is 366 Å². The highest BCUT2D eigenvalue weighted by atomic mass is 35.5. The van der Waals surface area contributed by atoms with E-state index < -0.39 is 16.0 Å². The van der Waals surface area contributed by atoms with Gasteiger partial charge in [0.1, 0.15) is 71.3 Å². The van der Waals surface area contributed by atoms with Gasteiger partial charge in [0.05, 0.1) is 70.2 Å². The van der Waals surface area contributed by atoms with Crippen molar-refractivity contribution in [3.05, 3.63) is 155 Å². The monoisotopic (exact) mass is 1630 g/mol. The number of rotatable bonds is 33. The number of ether oxygens (including phenoxy) is 6. The number of nitrogens with one attached hydrogen (secondary N) is 5. The van der Waals surface area contributed by atoms with Crippen molar-refractivity contribution in [2.75, 3.05) is 92.3 Å². The average Bonchev–Trinajstić information content (AvgIpc) is 1.74. The predicted octanol–water partition coefficient (Wildman–Crippen LogP) is 10.7. The zero-order valence-corrected chi connectivity index (χ0v) is 66.6. The molecule has 1 amide bonds. The minimum atomic E-state index is -2.17. The molecule has 31 heteroatoms. The predicted molar refractivity (Wildman–Crippen MR) is 441 cm³/mol. The summed E-state index contributed by atoms with van der Waals surface area (Å²) < 4.78 is 40.4. The van der Waals surface area contributed by atoms with E-state index in [9.17, 15) is 42.9 Å². The third-order valence-electron chi connectivity index (χ3n) is 15.0. The molecule has 7 rings (SSSR count). The van der Waals surface area contributed by atoms with Crippen LogP contribution in [0, 0.1) is 0 Å². The third kappa shape index (κ3) is 54.4. The van der Waals surface area contributed by atoms with Gasteiger partial charge in [0.25, 0.3) is 0 Å². The number of likely N-dealkylation sites (tertiary alicyclic amines) is 1. The maximum absolute atomic E-state index is 11.7. The summed E-state index contributed by atoms with van der Waals surface area (Å²) in [4.78, 5) is 100. The number of carbonyl (C=O) groups is 7. The molecule has 3 fully saturated rings. The first-order valence-electron chi connectivity index (χ1n) is 35.6. The first kappa shape index (κ1) is 112. The lowest BCUT2D eigenvalue weighted by molar-refractivity contribution is -0.306. The summed E-state index contributed by atoms with van der Waals surface area (Å²) in [6.07, 6.45) is 8.85. The van der Waals surface area contributed by atoms with Gasteiger partial charge in [-0.3, -0.25) is 43.8 Å². The fraction of sp³-hybridized carbons (Fsp3) is 0.562. The third-order valence-corrected chi connectivity index (χ3v) is 16.1. The molecule has 0 aliphatic carbocycles. The molecule has 0 saturated carbocycles. The lowest BCUT2D eigenvalue weighted by Gasteiger charge is -2.28. The van der Waals surface area contributed by atoms with Gasteiger partial charge >= 0.3 is 35.8 Å². The highest BCUT2D eigenvalue weighted by Gasteiger charge is 2.34. The second-order valence-electron chi connectivity index (χ2n) is 23.8. The molecule has 3 saturated heterocycles. The molecular weight excluding hydrogens is 1490 g/mol. The maximum Gasteiger partial charge on any atom is 0.328 e. The van der Waals surface area contributed by atoms with E-state index >= 15 is 0 Å². The number of hydrogen-bond acceptors (Lipinski definition) is 27. The number of halogens is 2. The SMILES string of the molecule is C.C.C.C.CCOC(=O)[C@@H]1CCC(=NOCc2ccccc2)CN1.CCOC(=O)[C@@H]1CCC(=O)N1C.CCOC(=O)[C@@H]1CC[C@@H](NOCc2ccccc2)CN1.CCOC(=O)[C@H](CC/C([O-])=C/[S+](C)(C)=O)NC.CCOC(=O)[C@H](CCC(CCl)=NOCc1ccccc1)NC.CCOC(C)=O.Cl.NOCc1ccccc1. The number of hydroxylamine groups is 1. The van der Waals surface area contributed by atoms with Crippen molar-refractivity contribution >= 4 is 87.1 Å². The highest BCUT2D eigenvalue weighted by molar-refractivity contribution is 8.04.